The van der Waals surface area contributed by atoms with Gasteiger partial charge in [0.2, 0.25) is 0 Å². The van der Waals surface area contributed by atoms with Crippen LogP contribution in [0.25, 0.3) is 261 Å². The SMILES string of the molecule is c1ccc(-c2nc(-c3ccc4c(c3)c3ccc(-c5ccc(-c6nc(-c7ccccc7)nc(-c7ccc8c9ccccc9n(-c9ccccc9)c8c7)n6)c6c5sc5cccc(-c7nc(-c8ccccc8)c8sc9ccccc9c8n7)c56)cc3n4-c3ccccc3)nc(-c3cccc4sc5cccc(-c6nc(-c7ccccc7)c7sc8ccccc8c7n6)c5c34)n2)cc1. The van der Waals surface area contributed by atoms with Crippen molar-refractivity contribution in [2.24, 2.45) is 0 Å². The molecule has 586 valence electrons. The number of rotatable bonds is 13. The van der Waals surface area contributed by atoms with Gasteiger partial charge in [-0.2, -0.15) is 0 Å². The zero-order valence-corrected chi connectivity index (χ0v) is 70.1. The van der Waals surface area contributed by atoms with E-state index in [1.807, 2.05) is 36.4 Å². The topological polar surface area (TPSA) is 139 Å². The van der Waals surface area contributed by atoms with Crippen LogP contribution in [0.3, 0.4) is 0 Å². The predicted octanol–water partition coefficient (Wildman–Crippen LogP) is 29.6. The van der Waals surface area contributed by atoms with Gasteiger partial charge in [-0.1, -0.05) is 279 Å². The van der Waals surface area contributed by atoms with Crippen LogP contribution in [0.5, 0.6) is 0 Å². The summed E-state index contributed by atoms with van der Waals surface area (Å²) >= 11 is 6.99. The van der Waals surface area contributed by atoms with Crippen molar-refractivity contribution in [2.75, 3.05) is 0 Å². The monoisotopic (exact) mass is 1680 g/mol. The summed E-state index contributed by atoms with van der Waals surface area (Å²) in [5.74, 6) is 4.60. The molecule has 0 amide bonds. The quantitative estimate of drug-likeness (QED) is 0.110. The molecule has 0 atom stereocenters. The Morgan fingerprint density at radius 3 is 1.03 bits per heavy atom. The molecule has 10 aromatic heterocycles. The summed E-state index contributed by atoms with van der Waals surface area (Å²) in [7, 11) is 0. The minimum Gasteiger partial charge on any atom is -0.309 e. The first-order valence-electron chi connectivity index (χ1n) is 41.7. The van der Waals surface area contributed by atoms with Gasteiger partial charge >= 0.3 is 0 Å². The van der Waals surface area contributed by atoms with Gasteiger partial charge < -0.3 is 9.13 Å². The average molecular weight is 1680 g/mol. The van der Waals surface area contributed by atoms with E-state index in [2.05, 4.69) is 349 Å². The molecule has 26 aromatic rings. The van der Waals surface area contributed by atoms with Crippen LogP contribution in [-0.4, -0.2) is 59.0 Å². The van der Waals surface area contributed by atoms with Crippen LogP contribution in [-0.2, 0) is 0 Å². The second kappa shape index (κ2) is 28.9. The molecular weight excluding hydrogens is 1620 g/mol. The number of aromatic nitrogens is 12. The molecule has 126 heavy (non-hydrogen) atoms. The van der Waals surface area contributed by atoms with Gasteiger partial charge in [-0.3, -0.25) is 0 Å². The van der Waals surface area contributed by atoms with Gasteiger partial charge in [0.25, 0.3) is 0 Å². The number of nitrogens with zero attached hydrogens (tertiary/aromatic N) is 12. The van der Waals surface area contributed by atoms with Crippen molar-refractivity contribution < 1.29 is 0 Å². The number of fused-ring (bicyclic) bond motifs is 18. The van der Waals surface area contributed by atoms with Crippen molar-refractivity contribution >= 4 is 170 Å². The first-order valence-corrected chi connectivity index (χ1v) is 45.0. The molecule has 12 nitrogen and oxygen atoms in total. The highest BCUT2D eigenvalue weighted by molar-refractivity contribution is 7.27. The molecular formula is C110H62N12S4. The fourth-order valence-electron chi connectivity index (χ4n) is 18.6. The third-order valence-electron chi connectivity index (χ3n) is 24.3. The number of hydrogen-bond donors (Lipinski definition) is 0. The summed E-state index contributed by atoms with van der Waals surface area (Å²) in [5, 5.41) is 10.7. The molecule has 0 aliphatic carbocycles. The Kier molecular flexibility index (Phi) is 16.5. The van der Waals surface area contributed by atoms with Crippen LogP contribution in [0.2, 0.25) is 0 Å². The average Bonchev–Trinajstić information content (AvgIpc) is 1.56. The first kappa shape index (κ1) is 71.9. The number of thiophene rings is 4. The molecule has 0 spiro atoms. The zero-order valence-electron chi connectivity index (χ0n) is 66.8. The van der Waals surface area contributed by atoms with Gasteiger partial charge in [0.1, 0.15) is 0 Å². The summed E-state index contributed by atoms with van der Waals surface area (Å²) in [5.41, 5.74) is 21.1. The Labute approximate surface area is 735 Å². The molecule has 0 unspecified atom stereocenters. The van der Waals surface area contributed by atoms with Crippen LogP contribution in [0, 0.1) is 0 Å². The minimum atomic E-state index is 0.534. The predicted molar refractivity (Wildman–Crippen MR) is 524 cm³/mol. The molecule has 16 aromatic carbocycles. The summed E-state index contributed by atoms with van der Waals surface area (Å²) in [6.07, 6.45) is 0. The molecule has 10 heterocycles. The molecule has 0 aliphatic heterocycles. The Morgan fingerprint density at radius 1 is 0.175 bits per heavy atom. The molecule has 0 N–H and O–H groups in total. The Hall–Kier alpha value is -15.8. The van der Waals surface area contributed by atoms with Gasteiger partial charge in [0.15, 0.2) is 46.6 Å². The van der Waals surface area contributed by atoms with E-state index < -0.39 is 0 Å². The zero-order chi connectivity index (χ0) is 82.6. The molecule has 0 radical (unpaired) electrons. The van der Waals surface area contributed by atoms with E-state index in [4.69, 9.17) is 49.8 Å². The lowest BCUT2D eigenvalue weighted by molar-refractivity contribution is 1.08. The van der Waals surface area contributed by atoms with E-state index >= 15 is 0 Å². The Morgan fingerprint density at radius 2 is 0.516 bits per heavy atom. The standard InChI is InChI=1S/C110H62N12S4/c1-7-28-63(29-8-1)96-101-98(76-41-20-23-47-87(76)124-101)113-107(111-96)78-43-25-49-89-92(78)93-79(44-26-50-90(93)123-89)109-117-103(65-32-11-3-12-33-65)115-105(119-109)68-54-59-84-82(60-68)75-55-52-67(61-85(75)122(84)71-38-17-6-18-39-71)72-57-58-81(95-94-80(45-27-51-91(94)126-100(72)95)108-112-97(64-30-9-2-10-31-64)102-99(114-108)77-42-21-24-48-88(77)125-102)110-118-104(66-34-13-4-14-35-66)116-106(120-110)69-53-56-74-73-40-19-22-46-83(73)121(86(74)62-69)70-36-15-5-16-37-70/h1-62H. The van der Waals surface area contributed by atoms with Crippen molar-refractivity contribution in [3.05, 3.63) is 376 Å². The normalized spacial score (nSPS) is 12.0. The smallest absolute Gasteiger partial charge is 0.164 e. The van der Waals surface area contributed by atoms with Crippen LogP contribution >= 0.6 is 45.3 Å². The molecule has 0 fully saturated rings. The van der Waals surface area contributed by atoms with Crippen molar-refractivity contribution in [3.63, 3.8) is 0 Å². The molecule has 0 saturated carbocycles. The third-order valence-corrected chi connectivity index (χ3v) is 28.9. The minimum absolute atomic E-state index is 0.534. The van der Waals surface area contributed by atoms with Gasteiger partial charge in [0, 0.05) is 149 Å². The summed E-state index contributed by atoms with van der Waals surface area (Å²) in [4.78, 5) is 55.6. The van der Waals surface area contributed by atoms with Gasteiger partial charge in [-0.25, -0.2) is 49.8 Å². The van der Waals surface area contributed by atoms with E-state index in [0.29, 0.717) is 46.6 Å². The van der Waals surface area contributed by atoms with Gasteiger partial charge in [0.05, 0.1) is 53.9 Å². The number of hydrogen-bond acceptors (Lipinski definition) is 14. The largest absolute Gasteiger partial charge is 0.309 e. The van der Waals surface area contributed by atoms with E-state index in [0.717, 1.165) is 209 Å². The number of benzene rings is 16. The lowest BCUT2D eigenvalue weighted by atomic mass is 9.95. The van der Waals surface area contributed by atoms with E-state index in [-0.39, 0.29) is 0 Å². The van der Waals surface area contributed by atoms with Crippen molar-refractivity contribution in [2.45, 2.75) is 0 Å². The maximum absolute atomic E-state index is 5.69. The molecule has 16 heteroatoms. The van der Waals surface area contributed by atoms with Gasteiger partial charge in [-0.05, 0) is 108 Å². The van der Waals surface area contributed by atoms with Crippen LogP contribution < -0.4 is 0 Å². The van der Waals surface area contributed by atoms with Crippen molar-refractivity contribution in [3.8, 4) is 136 Å². The molecule has 0 saturated heterocycles. The Bertz CT molecular complexity index is 8980. The highest BCUT2D eigenvalue weighted by atomic mass is 32.1. The second-order valence-corrected chi connectivity index (χ2v) is 35.8. The van der Waals surface area contributed by atoms with Crippen LogP contribution in [0.15, 0.2) is 376 Å². The fourth-order valence-corrected chi connectivity index (χ4v) is 23.4. The first-order chi connectivity index (χ1) is 62.4. The maximum Gasteiger partial charge on any atom is 0.164 e. The van der Waals surface area contributed by atoms with E-state index in [1.54, 1.807) is 45.3 Å². The van der Waals surface area contributed by atoms with Crippen molar-refractivity contribution in [1.82, 2.24) is 59.0 Å². The summed E-state index contributed by atoms with van der Waals surface area (Å²) in [6, 6.07) is 133. The van der Waals surface area contributed by atoms with Crippen LogP contribution in [0.4, 0.5) is 0 Å². The Balaban J connectivity index is 0.673. The molecule has 26 rings (SSSR count). The summed E-state index contributed by atoms with van der Waals surface area (Å²) in [6.45, 7) is 0. The number of para-hydroxylation sites is 3. The highest BCUT2D eigenvalue weighted by Gasteiger charge is 2.29. The molecule has 0 aliphatic rings. The van der Waals surface area contributed by atoms with E-state index in [9.17, 15) is 0 Å². The second-order valence-electron chi connectivity index (χ2n) is 31.6. The van der Waals surface area contributed by atoms with Gasteiger partial charge in [-0.15, -0.1) is 45.3 Å². The van der Waals surface area contributed by atoms with Crippen molar-refractivity contribution in [1.29, 1.82) is 0 Å². The maximum atomic E-state index is 5.69. The summed E-state index contributed by atoms with van der Waals surface area (Å²) < 4.78 is 13.5. The third kappa shape index (κ3) is 11.6. The lowest BCUT2D eigenvalue weighted by Gasteiger charge is -2.13. The fraction of sp³-hybridized carbons (Fsp3) is 0. The molecule has 0 bridgehead atoms. The van der Waals surface area contributed by atoms with E-state index in [1.165, 1.54) is 4.70 Å². The lowest BCUT2D eigenvalue weighted by Crippen LogP contribution is -2.01. The van der Waals surface area contributed by atoms with Crippen LogP contribution in [0.1, 0.15) is 0 Å². The highest BCUT2D eigenvalue weighted by Crippen LogP contribution is 2.52.